The minimum atomic E-state index is -0.271. The minimum absolute atomic E-state index is 0.0256. The molecule has 0 radical (unpaired) electrons. The van der Waals surface area contributed by atoms with E-state index in [1.165, 1.54) is 16.2 Å². The van der Waals surface area contributed by atoms with Crippen molar-refractivity contribution >= 4 is 45.6 Å². The molecule has 2 aromatic rings. The van der Waals surface area contributed by atoms with Crippen LogP contribution in [0.25, 0.3) is 0 Å². The quantitative estimate of drug-likeness (QED) is 0.889. The van der Waals surface area contributed by atoms with Crippen LogP contribution in [0.3, 0.4) is 0 Å². The van der Waals surface area contributed by atoms with Gasteiger partial charge < -0.3 is 15.5 Å². The summed E-state index contributed by atoms with van der Waals surface area (Å²) in [6.07, 6.45) is 1.74. The molecule has 3 rings (SSSR count). The van der Waals surface area contributed by atoms with Gasteiger partial charge in [0.1, 0.15) is 6.54 Å². The molecule has 0 atom stereocenters. The molecule has 8 heteroatoms. The second kappa shape index (κ2) is 6.79. The van der Waals surface area contributed by atoms with Crippen LogP contribution in [0, 0.1) is 6.92 Å². The number of para-hydroxylation sites is 2. The lowest BCUT2D eigenvalue weighted by Crippen LogP contribution is -2.42. The molecule has 124 valence electrons. The standard InChI is InChI=1S/C16H16N4O3S/c1-10-8-17-16(24-10)19-13(21)6-7-15(23)20-9-14(22)18-11-4-2-3-5-12(11)20/h2-5,8H,6-7,9H2,1H3,(H,18,22)(H,17,19,21). The number of nitrogens with zero attached hydrogens (tertiary/aromatic N) is 2. The summed E-state index contributed by atoms with van der Waals surface area (Å²) in [5.74, 6) is -0.778. The second-order valence-corrected chi connectivity index (χ2v) is 6.60. The van der Waals surface area contributed by atoms with Crippen molar-refractivity contribution in [1.29, 1.82) is 0 Å². The Hall–Kier alpha value is -2.74. The van der Waals surface area contributed by atoms with Crippen molar-refractivity contribution in [2.75, 3.05) is 22.1 Å². The number of aromatic nitrogens is 1. The van der Waals surface area contributed by atoms with E-state index < -0.39 is 0 Å². The van der Waals surface area contributed by atoms with Crippen LogP contribution >= 0.6 is 11.3 Å². The smallest absolute Gasteiger partial charge is 0.244 e. The van der Waals surface area contributed by atoms with Crippen molar-refractivity contribution in [3.05, 3.63) is 35.3 Å². The first-order valence-corrected chi connectivity index (χ1v) is 8.26. The lowest BCUT2D eigenvalue weighted by atomic mass is 10.1. The molecule has 1 aromatic heterocycles. The van der Waals surface area contributed by atoms with E-state index in [2.05, 4.69) is 15.6 Å². The highest BCUT2D eigenvalue weighted by Crippen LogP contribution is 2.29. The highest BCUT2D eigenvalue weighted by molar-refractivity contribution is 7.15. The van der Waals surface area contributed by atoms with Crippen LogP contribution in [-0.4, -0.2) is 29.3 Å². The summed E-state index contributed by atoms with van der Waals surface area (Å²) in [5.41, 5.74) is 1.25. The molecule has 0 unspecified atom stereocenters. The number of hydrogen-bond donors (Lipinski definition) is 2. The zero-order valence-corrected chi connectivity index (χ0v) is 13.9. The van der Waals surface area contributed by atoms with Crippen LogP contribution in [0.5, 0.6) is 0 Å². The van der Waals surface area contributed by atoms with Gasteiger partial charge in [0.05, 0.1) is 11.4 Å². The van der Waals surface area contributed by atoms with Gasteiger partial charge >= 0.3 is 0 Å². The summed E-state index contributed by atoms with van der Waals surface area (Å²) in [5, 5.41) is 5.91. The number of carbonyl (C=O) groups excluding carboxylic acids is 3. The summed E-state index contributed by atoms with van der Waals surface area (Å²) in [4.78, 5) is 42.5. The number of aryl methyl sites for hydroxylation is 1. The van der Waals surface area contributed by atoms with Crippen molar-refractivity contribution < 1.29 is 14.4 Å². The molecule has 1 aliphatic heterocycles. The maximum Gasteiger partial charge on any atom is 0.244 e. The predicted octanol–water partition coefficient (Wildman–Crippen LogP) is 2.16. The number of carbonyl (C=O) groups is 3. The molecule has 0 saturated carbocycles. The Labute approximate surface area is 142 Å². The minimum Gasteiger partial charge on any atom is -0.323 e. The molecule has 3 amide bonds. The first-order chi connectivity index (χ1) is 11.5. The van der Waals surface area contributed by atoms with Gasteiger partial charge in [-0.1, -0.05) is 12.1 Å². The Kier molecular flexibility index (Phi) is 4.57. The molecule has 1 aromatic carbocycles. The van der Waals surface area contributed by atoms with E-state index in [1.807, 2.05) is 6.92 Å². The fourth-order valence-corrected chi connectivity index (χ4v) is 3.09. The van der Waals surface area contributed by atoms with E-state index in [9.17, 15) is 14.4 Å². The molecule has 0 saturated heterocycles. The van der Waals surface area contributed by atoms with E-state index in [-0.39, 0.29) is 37.1 Å². The summed E-state index contributed by atoms with van der Waals surface area (Å²) >= 11 is 1.38. The van der Waals surface area contributed by atoms with Gasteiger partial charge in [0.15, 0.2) is 5.13 Å². The van der Waals surface area contributed by atoms with Crippen molar-refractivity contribution in [2.24, 2.45) is 0 Å². The van der Waals surface area contributed by atoms with Gasteiger partial charge in [0.25, 0.3) is 0 Å². The van der Waals surface area contributed by atoms with Gasteiger partial charge in [-0.05, 0) is 19.1 Å². The number of nitrogens with one attached hydrogen (secondary N) is 2. The number of fused-ring (bicyclic) bond motifs is 1. The van der Waals surface area contributed by atoms with Crippen LogP contribution < -0.4 is 15.5 Å². The first kappa shape index (κ1) is 16.1. The number of thiazole rings is 1. The summed E-state index contributed by atoms with van der Waals surface area (Å²) in [6.45, 7) is 1.86. The van der Waals surface area contributed by atoms with Crippen molar-refractivity contribution in [1.82, 2.24) is 4.98 Å². The maximum atomic E-state index is 12.4. The SMILES string of the molecule is Cc1cnc(NC(=O)CCC(=O)N2CC(=O)Nc3ccccc32)s1. The Balaban J connectivity index is 1.61. The largest absolute Gasteiger partial charge is 0.323 e. The molecule has 2 N–H and O–H groups in total. The molecular formula is C16H16N4O3S. The molecule has 0 fully saturated rings. The van der Waals surface area contributed by atoms with Gasteiger partial charge in [-0.2, -0.15) is 0 Å². The van der Waals surface area contributed by atoms with Gasteiger partial charge in [0, 0.05) is 23.9 Å². The van der Waals surface area contributed by atoms with Crippen LogP contribution in [0.15, 0.2) is 30.5 Å². The van der Waals surface area contributed by atoms with Gasteiger partial charge in [-0.15, -0.1) is 11.3 Å². The Morgan fingerprint density at radius 2 is 2.12 bits per heavy atom. The fourth-order valence-electron chi connectivity index (χ4n) is 2.41. The lowest BCUT2D eigenvalue weighted by Gasteiger charge is -2.29. The van der Waals surface area contributed by atoms with Gasteiger partial charge in [0.2, 0.25) is 17.7 Å². The third-order valence-corrected chi connectivity index (χ3v) is 4.33. The summed E-state index contributed by atoms with van der Waals surface area (Å²) < 4.78 is 0. The molecule has 1 aliphatic rings. The monoisotopic (exact) mass is 344 g/mol. The zero-order valence-electron chi connectivity index (χ0n) is 13.0. The Morgan fingerprint density at radius 3 is 2.88 bits per heavy atom. The van der Waals surface area contributed by atoms with E-state index >= 15 is 0 Å². The lowest BCUT2D eigenvalue weighted by molar-refractivity contribution is -0.124. The third-order valence-electron chi connectivity index (χ3n) is 3.51. The van der Waals surface area contributed by atoms with Crippen LogP contribution in [0.1, 0.15) is 17.7 Å². The van der Waals surface area contributed by atoms with Crippen molar-refractivity contribution in [3.8, 4) is 0 Å². The van der Waals surface area contributed by atoms with Crippen molar-refractivity contribution in [3.63, 3.8) is 0 Å². The van der Waals surface area contributed by atoms with E-state index in [0.717, 1.165) is 4.88 Å². The highest BCUT2D eigenvalue weighted by atomic mass is 32.1. The molecule has 0 spiro atoms. The number of benzene rings is 1. The predicted molar refractivity (Wildman–Crippen MR) is 92.1 cm³/mol. The van der Waals surface area contributed by atoms with E-state index in [0.29, 0.717) is 16.5 Å². The average Bonchev–Trinajstić information content (AvgIpc) is 2.96. The van der Waals surface area contributed by atoms with Crippen LogP contribution in [-0.2, 0) is 14.4 Å². The maximum absolute atomic E-state index is 12.4. The van der Waals surface area contributed by atoms with Gasteiger partial charge in [-0.25, -0.2) is 4.98 Å². The molecule has 24 heavy (non-hydrogen) atoms. The van der Waals surface area contributed by atoms with Crippen LogP contribution in [0.2, 0.25) is 0 Å². The Morgan fingerprint density at radius 1 is 1.33 bits per heavy atom. The fraction of sp³-hybridized carbons (Fsp3) is 0.250. The molecule has 0 aliphatic carbocycles. The normalized spacial score (nSPS) is 13.2. The van der Waals surface area contributed by atoms with Crippen LogP contribution in [0.4, 0.5) is 16.5 Å². The number of hydrogen-bond acceptors (Lipinski definition) is 5. The molecular weight excluding hydrogens is 328 g/mol. The van der Waals surface area contributed by atoms with Gasteiger partial charge in [-0.3, -0.25) is 14.4 Å². The molecule has 0 bridgehead atoms. The average molecular weight is 344 g/mol. The second-order valence-electron chi connectivity index (χ2n) is 5.37. The molecule has 2 heterocycles. The third kappa shape index (κ3) is 3.60. The number of anilines is 3. The summed E-state index contributed by atoms with van der Waals surface area (Å²) in [6, 6.07) is 7.10. The highest BCUT2D eigenvalue weighted by Gasteiger charge is 2.26. The summed E-state index contributed by atoms with van der Waals surface area (Å²) in [7, 11) is 0. The van der Waals surface area contributed by atoms with Crippen molar-refractivity contribution in [2.45, 2.75) is 19.8 Å². The Bertz CT molecular complexity index is 802. The first-order valence-electron chi connectivity index (χ1n) is 7.44. The number of rotatable bonds is 4. The number of amides is 3. The topological polar surface area (TPSA) is 91.4 Å². The van der Waals surface area contributed by atoms with E-state index in [4.69, 9.17) is 0 Å². The van der Waals surface area contributed by atoms with E-state index in [1.54, 1.807) is 30.5 Å². The zero-order chi connectivity index (χ0) is 17.1. The molecule has 7 nitrogen and oxygen atoms in total.